The van der Waals surface area contributed by atoms with Gasteiger partial charge in [0.25, 0.3) is 0 Å². The highest BCUT2D eigenvalue weighted by molar-refractivity contribution is 5.77. The van der Waals surface area contributed by atoms with E-state index in [9.17, 15) is 14.4 Å². The smallest absolute Gasteiger partial charge is 0.317 e. The summed E-state index contributed by atoms with van der Waals surface area (Å²) < 4.78 is 9.90. The third kappa shape index (κ3) is 5.22. The van der Waals surface area contributed by atoms with Crippen LogP contribution in [0.5, 0.6) is 0 Å². The predicted octanol–water partition coefficient (Wildman–Crippen LogP) is 0.0707. The maximum absolute atomic E-state index is 11.9. The fraction of sp³-hybridized carbons (Fsp3) is 0.769. The minimum atomic E-state index is -0.973. The number of likely N-dealkylation sites (N-methyl/N-ethyl adjacent to an activating group) is 1. The van der Waals surface area contributed by atoms with Crippen molar-refractivity contribution in [3.05, 3.63) is 0 Å². The molecule has 1 fully saturated rings. The van der Waals surface area contributed by atoms with Crippen molar-refractivity contribution < 1.29 is 29.0 Å². The number of nitrogens with zero attached hydrogens (tertiary/aromatic N) is 1. The lowest BCUT2D eigenvalue weighted by Gasteiger charge is -2.26. The lowest BCUT2D eigenvalue weighted by molar-refractivity contribution is -0.144. The SMILES string of the molecule is CCOC(=O)CCCNC(=O)N(C)C1COCC1C(=O)O. The van der Waals surface area contributed by atoms with Crippen LogP contribution in [0.2, 0.25) is 0 Å². The first-order valence-corrected chi connectivity index (χ1v) is 6.94. The third-order valence-corrected chi connectivity index (χ3v) is 3.32. The number of rotatable bonds is 7. The predicted molar refractivity (Wildman–Crippen MR) is 72.8 cm³/mol. The van der Waals surface area contributed by atoms with E-state index in [4.69, 9.17) is 14.6 Å². The summed E-state index contributed by atoms with van der Waals surface area (Å²) in [6, 6.07) is -0.854. The number of amides is 2. The Balaban J connectivity index is 2.31. The Morgan fingerprint density at radius 3 is 2.71 bits per heavy atom. The quantitative estimate of drug-likeness (QED) is 0.509. The van der Waals surface area contributed by atoms with Crippen LogP contribution in [0.1, 0.15) is 19.8 Å². The van der Waals surface area contributed by atoms with Crippen LogP contribution in [-0.2, 0) is 19.1 Å². The molecule has 0 aromatic heterocycles. The van der Waals surface area contributed by atoms with Gasteiger partial charge in [-0.2, -0.15) is 0 Å². The van der Waals surface area contributed by atoms with Crippen molar-refractivity contribution in [3.63, 3.8) is 0 Å². The van der Waals surface area contributed by atoms with Crippen LogP contribution in [0.25, 0.3) is 0 Å². The number of carboxylic acids is 1. The van der Waals surface area contributed by atoms with E-state index >= 15 is 0 Å². The molecule has 0 saturated carbocycles. The molecule has 2 unspecified atom stereocenters. The lowest BCUT2D eigenvalue weighted by atomic mass is 10.0. The van der Waals surface area contributed by atoms with Crippen LogP contribution in [0.15, 0.2) is 0 Å². The van der Waals surface area contributed by atoms with Gasteiger partial charge < -0.3 is 24.8 Å². The number of hydrogen-bond donors (Lipinski definition) is 2. The summed E-state index contributed by atoms with van der Waals surface area (Å²) in [4.78, 5) is 35.4. The van der Waals surface area contributed by atoms with E-state index in [1.165, 1.54) is 11.9 Å². The molecule has 0 spiro atoms. The van der Waals surface area contributed by atoms with Gasteiger partial charge in [-0.25, -0.2) is 4.79 Å². The van der Waals surface area contributed by atoms with Gasteiger partial charge in [-0.15, -0.1) is 0 Å². The normalized spacial score (nSPS) is 20.9. The molecule has 0 bridgehead atoms. The van der Waals surface area contributed by atoms with Crippen LogP contribution in [0.4, 0.5) is 4.79 Å². The first-order chi connectivity index (χ1) is 9.97. The van der Waals surface area contributed by atoms with Gasteiger partial charge in [-0.1, -0.05) is 0 Å². The molecule has 0 radical (unpaired) electrons. The highest BCUT2D eigenvalue weighted by atomic mass is 16.5. The number of nitrogens with one attached hydrogen (secondary N) is 1. The van der Waals surface area contributed by atoms with Gasteiger partial charge in [0.1, 0.15) is 5.92 Å². The van der Waals surface area contributed by atoms with Gasteiger partial charge in [-0.05, 0) is 13.3 Å². The standard InChI is InChI=1S/C13H22N2O6/c1-3-21-11(16)5-4-6-14-13(19)15(2)10-8-20-7-9(10)12(17)18/h9-10H,3-8H2,1-2H3,(H,14,19)(H,17,18). The van der Waals surface area contributed by atoms with Crippen molar-refractivity contribution in [1.82, 2.24) is 10.2 Å². The second kappa shape index (κ2) is 8.46. The molecule has 8 nitrogen and oxygen atoms in total. The minimum Gasteiger partial charge on any atom is -0.481 e. The Morgan fingerprint density at radius 2 is 2.10 bits per heavy atom. The molecule has 1 saturated heterocycles. The molecule has 1 rings (SSSR count). The van der Waals surface area contributed by atoms with E-state index in [-0.39, 0.29) is 31.6 Å². The number of urea groups is 1. The van der Waals surface area contributed by atoms with E-state index < -0.39 is 17.9 Å². The van der Waals surface area contributed by atoms with Crippen molar-refractivity contribution in [3.8, 4) is 0 Å². The zero-order valence-corrected chi connectivity index (χ0v) is 12.3. The molecule has 1 aliphatic heterocycles. The largest absolute Gasteiger partial charge is 0.481 e. The Morgan fingerprint density at radius 1 is 1.38 bits per heavy atom. The van der Waals surface area contributed by atoms with Crippen molar-refractivity contribution in [2.75, 3.05) is 33.4 Å². The average molecular weight is 302 g/mol. The Hall–Kier alpha value is -1.83. The monoisotopic (exact) mass is 302 g/mol. The van der Waals surface area contributed by atoms with Crippen LogP contribution >= 0.6 is 0 Å². The van der Waals surface area contributed by atoms with E-state index in [0.29, 0.717) is 19.6 Å². The summed E-state index contributed by atoms with van der Waals surface area (Å²) in [5, 5.41) is 11.7. The topological polar surface area (TPSA) is 105 Å². The number of aliphatic carboxylic acids is 1. The van der Waals surface area contributed by atoms with Crippen LogP contribution in [0, 0.1) is 5.92 Å². The molecule has 21 heavy (non-hydrogen) atoms. The summed E-state index contributed by atoms with van der Waals surface area (Å²) in [6.07, 6.45) is 0.712. The number of carbonyl (C=O) groups excluding carboxylic acids is 2. The number of ether oxygens (including phenoxy) is 2. The summed E-state index contributed by atoms with van der Waals surface area (Å²) in [6.45, 7) is 2.72. The van der Waals surface area contributed by atoms with Crippen LogP contribution in [0.3, 0.4) is 0 Å². The van der Waals surface area contributed by atoms with E-state index in [1.54, 1.807) is 6.92 Å². The van der Waals surface area contributed by atoms with Gasteiger partial charge in [-0.3, -0.25) is 9.59 Å². The number of carbonyl (C=O) groups is 3. The van der Waals surface area contributed by atoms with Gasteiger partial charge in [0.05, 0.1) is 25.9 Å². The molecule has 1 heterocycles. The van der Waals surface area contributed by atoms with Crippen molar-refractivity contribution in [2.45, 2.75) is 25.8 Å². The van der Waals surface area contributed by atoms with E-state index in [1.807, 2.05) is 0 Å². The fourth-order valence-corrected chi connectivity index (χ4v) is 2.10. The van der Waals surface area contributed by atoms with Crippen molar-refractivity contribution in [1.29, 1.82) is 0 Å². The molecule has 120 valence electrons. The minimum absolute atomic E-state index is 0.112. The Bertz CT molecular complexity index is 387. The van der Waals surface area contributed by atoms with Crippen LogP contribution < -0.4 is 5.32 Å². The maximum Gasteiger partial charge on any atom is 0.317 e. The first kappa shape index (κ1) is 17.2. The fourth-order valence-electron chi connectivity index (χ4n) is 2.10. The van der Waals surface area contributed by atoms with Gasteiger partial charge in [0.15, 0.2) is 0 Å². The van der Waals surface area contributed by atoms with Crippen molar-refractivity contribution in [2.24, 2.45) is 5.92 Å². The summed E-state index contributed by atoms with van der Waals surface area (Å²) in [5.74, 6) is -1.98. The molecule has 0 aromatic carbocycles. The second-order valence-electron chi connectivity index (χ2n) is 4.80. The molecule has 1 aliphatic rings. The zero-order valence-electron chi connectivity index (χ0n) is 12.3. The lowest BCUT2D eigenvalue weighted by Crippen LogP contribution is -2.48. The average Bonchev–Trinajstić information content (AvgIpc) is 2.92. The summed E-state index contributed by atoms with van der Waals surface area (Å²) >= 11 is 0. The Labute approximate surface area is 123 Å². The third-order valence-electron chi connectivity index (χ3n) is 3.32. The highest BCUT2D eigenvalue weighted by Crippen LogP contribution is 2.18. The number of carboxylic acid groups (broad SMARTS) is 1. The number of hydrogen-bond acceptors (Lipinski definition) is 5. The Kier molecular flexibility index (Phi) is 6.93. The zero-order chi connectivity index (χ0) is 15.8. The van der Waals surface area contributed by atoms with E-state index in [0.717, 1.165) is 0 Å². The summed E-state index contributed by atoms with van der Waals surface area (Å²) in [5.41, 5.74) is 0. The number of esters is 1. The van der Waals surface area contributed by atoms with Crippen LogP contribution in [-0.4, -0.2) is 67.4 Å². The maximum atomic E-state index is 11.9. The molecule has 2 N–H and O–H groups in total. The summed E-state index contributed by atoms with van der Waals surface area (Å²) in [7, 11) is 1.54. The molecular weight excluding hydrogens is 280 g/mol. The molecule has 0 aliphatic carbocycles. The van der Waals surface area contributed by atoms with Gasteiger partial charge >= 0.3 is 18.0 Å². The van der Waals surface area contributed by atoms with Gasteiger partial charge in [0, 0.05) is 20.0 Å². The first-order valence-electron chi connectivity index (χ1n) is 6.94. The molecule has 8 heteroatoms. The molecule has 2 atom stereocenters. The second-order valence-corrected chi connectivity index (χ2v) is 4.80. The van der Waals surface area contributed by atoms with Gasteiger partial charge in [0.2, 0.25) is 0 Å². The molecule has 0 aromatic rings. The van der Waals surface area contributed by atoms with Crippen molar-refractivity contribution >= 4 is 18.0 Å². The highest BCUT2D eigenvalue weighted by Gasteiger charge is 2.38. The molecular formula is C13H22N2O6. The molecule has 2 amide bonds. The van der Waals surface area contributed by atoms with E-state index in [2.05, 4.69) is 5.32 Å².